The Labute approximate surface area is 285 Å². The van der Waals surface area contributed by atoms with Crippen molar-refractivity contribution in [2.45, 2.75) is 37.8 Å². The van der Waals surface area contributed by atoms with Crippen LogP contribution >= 0.6 is 6.49 Å². The molecule has 5 saturated heterocycles. The highest BCUT2D eigenvalue weighted by Gasteiger charge is 2.51. The molecule has 0 saturated carbocycles. The van der Waals surface area contributed by atoms with Crippen molar-refractivity contribution in [1.29, 1.82) is 0 Å². The number of nitrogens with one attached hydrogen (secondary N) is 2. The van der Waals surface area contributed by atoms with E-state index in [0.29, 0.717) is 22.3 Å². The van der Waals surface area contributed by atoms with Crippen LogP contribution in [-0.4, -0.2) is 122 Å². The molecule has 2 unspecified atom stereocenters. The van der Waals surface area contributed by atoms with Crippen LogP contribution in [0, 0.1) is 0 Å². The van der Waals surface area contributed by atoms with E-state index in [1.807, 2.05) is 0 Å². The standard InChI is InChI=1S/2C13H10N2O4.C6H12N3PS/c2*16-10-6-5-9(11(17)14-10)15-12(18)7-3-1-2-4-8(7)13(15)19;11-10(7-1-2-7,8-3-4-8)9-5-6-9/h2*1-4,9H,5-6H2,(H,14,16,17);1-6H2. The zero-order valence-corrected chi connectivity index (χ0v) is 27.9. The van der Waals surface area contributed by atoms with Gasteiger partial charge in [0.15, 0.2) is 0 Å². The lowest BCUT2D eigenvalue weighted by atomic mass is 10.0. The first-order chi connectivity index (χ1) is 23.5. The van der Waals surface area contributed by atoms with Crippen LogP contribution in [0.25, 0.3) is 0 Å². The van der Waals surface area contributed by atoms with Gasteiger partial charge in [-0.05, 0) is 48.9 Å². The van der Waals surface area contributed by atoms with Crippen molar-refractivity contribution >= 4 is 65.6 Å². The van der Waals surface area contributed by atoms with Crippen LogP contribution in [0.4, 0.5) is 0 Å². The Bertz CT molecular complexity index is 1670. The summed E-state index contributed by atoms with van der Waals surface area (Å²) in [5.41, 5.74) is 1.21. The van der Waals surface area contributed by atoms with Gasteiger partial charge in [-0.15, -0.1) is 0 Å². The Morgan fingerprint density at radius 3 is 1.04 bits per heavy atom. The highest BCUT2D eigenvalue weighted by molar-refractivity contribution is 8.11. The molecule has 0 aromatic heterocycles. The van der Waals surface area contributed by atoms with Crippen LogP contribution < -0.4 is 10.6 Å². The zero-order valence-electron chi connectivity index (χ0n) is 26.2. The smallest absolute Gasteiger partial charge is 0.262 e. The molecular formula is C32H32N7O8PS. The molecule has 9 rings (SSSR count). The lowest BCUT2D eigenvalue weighted by molar-refractivity contribution is -0.137. The maximum atomic E-state index is 12.2. The van der Waals surface area contributed by atoms with Gasteiger partial charge in [-0.1, -0.05) is 24.3 Å². The van der Waals surface area contributed by atoms with Gasteiger partial charge in [0.25, 0.3) is 23.6 Å². The van der Waals surface area contributed by atoms with Crippen LogP contribution in [0.15, 0.2) is 48.5 Å². The van der Waals surface area contributed by atoms with Crippen LogP contribution in [-0.2, 0) is 31.0 Å². The van der Waals surface area contributed by atoms with Crippen molar-refractivity contribution in [3.63, 3.8) is 0 Å². The molecule has 5 fully saturated rings. The SMILES string of the molecule is O=C1CCC(N2C(=O)c3ccccc3C2=O)C(=O)N1.O=C1CCC(N2C(=O)c3ccccc3C2=O)C(=O)N1.S=P(N1CC1)(N1CC1)N1CC1. The molecule has 7 heterocycles. The zero-order chi connectivity index (χ0) is 34.6. The molecular weight excluding hydrogens is 673 g/mol. The third kappa shape index (κ3) is 6.15. The van der Waals surface area contributed by atoms with Crippen LogP contribution in [0.5, 0.6) is 0 Å². The summed E-state index contributed by atoms with van der Waals surface area (Å²) in [7, 11) is 0. The topological polar surface area (TPSA) is 176 Å². The Morgan fingerprint density at radius 2 is 0.796 bits per heavy atom. The molecule has 15 nitrogen and oxygen atoms in total. The summed E-state index contributed by atoms with van der Waals surface area (Å²) in [6, 6.07) is 11.1. The second kappa shape index (κ2) is 12.8. The molecule has 0 spiro atoms. The molecule has 8 amide bonds. The molecule has 17 heteroatoms. The first-order valence-corrected chi connectivity index (χ1v) is 18.6. The lowest BCUT2D eigenvalue weighted by Crippen LogP contribution is -2.54. The summed E-state index contributed by atoms with van der Waals surface area (Å²) in [6.07, 6.45) is 0.611. The fourth-order valence-electron chi connectivity index (χ4n) is 6.29. The minimum atomic E-state index is -1.27. The number of hydrogen-bond donors (Lipinski definition) is 2. The monoisotopic (exact) mass is 705 g/mol. The van der Waals surface area contributed by atoms with E-state index in [9.17, 15) is 38.4 Å². The number of rotatable bonds is 5. The van der Waals surface area contributed by atoms with E-state index in [4.69, 9.17) is 11.8 Å². The molecule has 0 aliphatic carbocycles. The first-order valence-electron chi connectivity index (χ1n) is 16.0. The summed E-state index contributed by atoms with van der Waals surface area (Å²) in [5, 5.41) is 4.30. The predicted octanol–water partition coefficient (Wildman–Crippen LogP) is 0.333. The van der Waals surface area contributed by atoms with E-state index in [0.717, 1.165) is 9.80 Å². The Kier molecular flexibility index (Phi) is 8.61. The summed E-state index contributed by atoms with van der Waals surface area (Å²) in [5.74, 6) is -3.84. The lowest BCUT2D eigenvalue weighted by Gasteiger charge is -2.27. The third-order valence-electron chi connectivity index (χ3n) is 9.07. The number of carbonyl (C=O) groups is 8. The van der Waals surface area contributed by atoms with Gasteiger partial charge in [0.05, 0.1) is 22.3 Å². The number of amides is 8. The number of carbonyl (C=O) groups excluding carboxylic acids is 8. The first kappa shape index (κ1) is 33.0. The van der Waals surface area contributed by atoms with Gasteiger partial charge in [0.1, 0.15) is 18.6 Å². The van der Waals surface area contributed by atoms with Crippen LogP contribution in [0.3, 0.4) is 0 Å². The maximum absolute atomic E-state index is 12.2. The van der Waals surface area contributed by atoms with Crippen molar-refractivity contribution in [2.24, 2.45) is 0 Å². The van der Waals surface area contributed by atoms with Crippen LogP contribution in [0.2, 0.25) is 0 Å². The number of imide groups is 4. The van der Waals surface area contributed by atoms with E-state index >= 15 is 0 Å². The van der Waals surface area contributed by atoms with E-state index < -0.39 is 54.0 Å². The summed E-state index contributed by atoms with van der Waals surface area (Å²) >= 11 is 5.75. The summed E-state index contributed by atoms with van der Waals surface area (Å²) in [4.78, 5) is 96.3. The van der Waals surface area contributed by atoms with Crippen molar-refractivity contribution in [1.82, 2.24) is 34.4 Å². The van der Waals surface area contributed by atoms with Crippen molar-refractivity contribution < 1.29 is 38.4 Å². The van der Waals surface area contributed by atoms with Gasteiger partial charge in [-0.25, -0.2) is 14.0 Å². The van der Waals surface area contributed by atoms with Gasteiger partial charge in [0, 0.05) is 52.1 Å². The van der Waals surface area contributed by atoms with Crippen LogP contribution in [0.1, 0.15) is 67.1 Å². The van der Waals surface area contributed by atoms with Gasteiger partial charge >= 0.3 is 0 Å². The highest BCUT2D eigenvalue weighted by Crippen LogP contribution is 2.65. The molecule has 2 aromatic rings. The van der Waals surface area contributed by atoms with Gasteiger partial charge in [0.2, 0.25) is 23.6 Å². The third-order valence-corrected chi connectivity index (χ3v) is 14.6. The molecule has 2 N–H and O–H groups in total. The summed E-state index contributed by atoms with van der Waals surface area (Å²) < 4.78 is 7.47. The Hall–Kier alpha value is -4.47. The van der Waals surface area contributed by atoms with E-state index in [-0.39, 0.29) is 37.5 Å². The minimum absolute atomic E-state index is 0.129. The Balaban J connectivity index is 0.000000120. The van der Waals surface area contributed by atoms with E-state index in [1.54, 1.807) is 48.5 Å². The van der Waals surface area contributed by atoms with Gasteiger partial charge in [-0.3, -0.25) is 58.8 Å². The second-order valence-electron chi connectivity index (χ2n) is 12.4. The molecule has 0 bridgehead atoms. The van der Waals surface area contributed by atoms with Crippen molar-refractivity contribution in [3.05, 3.63) is 70.8 Å². The highest BCUT2D eigenvalue weighted by atomic mass is 32.4. The number of benzene rings is 2. The summed E-state index contributed by atoms with van der Waals surface area (Å²) in [6.45, 7) is 6.26. The maximum Gasteiger partial charge on any atom is 0.262 e. The van der Waals surface area contributed by atoms with Crippen molar-refractivity contribution in [3.8, 4) is 0 Å². The number of piperidine rings is 2. The van der Waals surface area contributed by atoms with Gasteiger partial charge < -0.3 is 0 Å². The quantitative estimate of drug-likeness (QED) is 0.248. The predicted molar refractivity (Wildman–Crippen MR) is 175 cm³/mol. The van der Waals surface area contributed by atoms with E-state index in [1.165, 1.54) is 39.3 Å². The van der Waals surface area contributed by atoms with Gasteiger partial charge in [-0.2, -0.15) is 0 Å². The molecule has 0 radical (unpaired) electrons. The Morgan fingerprint density at radius 1 is 0.510 bits per heavy atom. The molecule has 7 aliphatic heterocycles. The molecule has 7 aliphatic rings. The molecule has 49 heavy (non-hydrogen) atoms. The normalized spacial score (nSPS) is 24.7. The second-order valence-corrected chi connectivity index (χ2v) is 16.6. The van der Waals surface area contributed by atoms with Crippen molar-refractivity contribution in [2.75, 3.05) is 39.3 Å². The molecule has 2 atom stereocenters. The number of fused-ring (bicyclic) bond motifs is 2. The largest absolute Gasteiger partial charge is 0.295 e. The number of hydrogen-bond acceptors (Lipinski definition) is 9. The minimum Gasteiger partial charge on any atom is -0.295 e. The number of nitrogens with zero attached hydrogens (tertiary/aromatic N) is 5. The fourth-order valence-corrected chi connectivity index (χ4v) is 10.7. The average molecular weight is 706 g/mol. The fraction of sp³-hybridized carbons (Fsp3) is 0.375. The average Bonchev–Trinajstić information content (AvgIpc) is 3.94. The van der Waals surface area contributed by atoms with E-state index in [2.05, 4.69) is 24.6 Å². The molecule has 2 aromatic carbocycles. The molecule has 254 valence electrons.